The second kappa shape index (κ2) is 3.55. The summed E-state index contributed by atoms with van der Waals surface area (Å²) in [5, 5.41) is 0. The molecule has 2 rings (SSSR count). The van der Waals surface area contributed by atoms with Crippen LogP contribution in [-0.4, -0.2) is 6.08 Å². The number of aliphatic imine (C=N–C) groups is 1. The Morgan fingerprint density at radius 1 is 1.27 bits per heavy atom. The summed E-state index contributed by atoms with van der Waals surface area (Å²) in [6.45, 7) is 0. The SMILES string of the molecule is O=C=Nc1ccc(C(F)(F)C2CC2)cc1. The first-order chi connectivity index (χ1) is 7.14. The standard InChI is InChI=1S/C11H9F2NO/c12-11(13,8-1-2-8)9-3-5-10(6-4-9)14-7-15/h3-6,8H,1-2H2. The van der Waals surface area contributed by atoms with Crippen LogP contribution in [0.15, 0.2) is 29.3 Å². The van der Waals surface area contributed by atoms with Crippen LogP contribution in [0.3, 0.4) is 0 Å². The van der Waals surface area contributed by atoms with Crippen LogP contribution in [0.4, 0.5) is 14.5 Å². The lowest BCUT2D eigenvalue weighted by Gasteiger charge is -2.15. The Labute approximate surface area is 85.6 Å². The summed E-state index contributed by atoms with van der Waals surface area (Å²) in [6.07, 6.45) is 2.53. The Balaban J connectivity index is 2.26. The number of hydrogen-bond acceptors (Lipinski definition) is 2. The summed E-state index contributed by atoms with van der Waals surface area (Å²) in [6, 6.07) is 5.43. The molecule has 0 N–H and O–H groups in total. The monoisotopic (exact) mass is 209 g/mol. The van der Waals surface area contributed by atoms with Gasteiger partial charge in [0.15, 0.2) is 0 Å². The van der Waals surface area contributed by atoms with Crippen LogP contribution in [0, 0.1) is 5.92 Å². The largest absolute Gasteiger partial charge is 0.276 e. The van der Waals surface area contributed by atoms with Gasteiger partial charge in [0.2, 0.25) is 6.08 Å². The molecule has 1 aliphatic carbocycles. The molecule has 0 radical (unpaired) electrons. The van der Waals surface area contributed by atoms with Gasteiger partial charge in [0.25, 0.3) is 5.92 Å². The number of hydrogen-bond donors (Lipinski definition) is 0. The van der Waals surface area contributed by atoms with Gasteiger partial charge in [0, 0.05) is 11.5 Å². The van der Waals surface area contributed by atoms with Gasteiger partial charge in [-0.1, -0.05) is 12.1 Å². The average molecular weight is 209 g/mol. The zero-order valence-corrected chi connectivity index (χ0v) is 7.91. The molecule has 0 amide bonds. The number of alkyl halides is 2. The third kappa shape index (κ3) is 1.95. The Morgan fingerprint density at radius 3 is 2.33 bits per heavy atom. The quantitative estimate of drug-likeness (QED) is 0.555. The van der Waals surface area contributed by atoms with Gasteiger partial charge in [-0.2, -0.15) is 4.99 Å². The average Bonchev–Trinajstić information content (AvgIpc) is 3.02. The van der Waals surface area contributed by atoms with E-state index in [0.717, 1.165) is 0 Å². The van der Waals surface area contributed by atoms with Gasteiger partial charge in [-0.05, 0) is 25.0 Å². The molecule has 0 saturated heterocycles. The van der Waals surface area contributed by atoms with Crippen LogP contribution >= 0.6 is 0 Å². The number of isocyanates is 1. The summed E-state index contributed by atoms with van der Waals surface area (Å²) in [5.41, 5.74) is 0.343. The molecule has 0 unspecified atom stereocenters. The fourth-order valence-electron chi connectivity index (χ4n) is 1.49. The topological polar surface area (TPSA) is 29.4 Å². The second-order valence-electron chi connectivity index (χ2n) is 3.65. The summed E-state index contributed by atoms with van der Waals surface area (Å²) < 4.78 is 27.1. The molecule has 1 fully saturated rings. The lowest BCUT2D eigenvalue weighted by molar-refractivity contribution is -0.0285. The van der Waals surface area contributed by atoms with Crippen LogP contribution in [0.1, 0.15) is 18.4 Å². The molecule has 0 bridgehead atoms. The Bertz CT molecular complexity index is 403. The maximum Gasteiger partial charge on any atom is 0.276 e. The van der Waals surface area contributed by atoms with E-state index in [1.807, 2.05) is 0 Å². The van der Waals surface area contributed by atoms with Crippen molar-refractivity contribution in [3.8, 4) is 0 Å². The molecule has 15 heavy (non-hydrogen) atoms. The number of benzene rings is 1. The molecule has 1 saturated carbocycles. The molecule has 78 valence electrons. The Kier molecular flexibility index (Phi) is 2.37. The van der Waals surface area contributed by atoms with E-state index < -0.39 is 11.8 Å². The molecule has 1 aromatic rings. The normalized spacial score (nSPS) is 15.9. The van der Waals surface area contributed by atoms with E-state index in [2.05, 4.69) is 4.99 Å². The first kappa shape index (κ1) is 9.99. The second-order valence-corrected chi connectivity index (χ2v) is 3.65. The van der Waals surface area contributed by atoms with E-state index in [1.165, 1.54) is 30.3 Å². The summed E-state index contributed by atoms with van der Waals surface area (Å²) >= 11 is 0. The summed E-state index contributed by atoms with van der Waals surface area (Å²) in [7, 11) is 0. The van der Waals surface area contributed by atoms with Gasteiger partial charge in [0.1, 0.15) is 0 Å². The lowest BCUT2D eigenvalue weighted by Crippen LogP contribution is -2.15. The molecule has 2 nitrogen and oxygen atoms in total. The third-order valence-corrected chi connectivity index (χ3v) is 2.52. The van der Waals surface area contributed by atoms with Crippen LogP contribution in [0.2, 0.25) is 0 Å². The van der Waals surface area contributed by atoms with E-state index in [-0.39, 0.29) is 5.56 Å². The van der Waals surface area contributed by atoms with E-state index in [9.17, 15) is 13.6 Å². The van der Waals surface area contributed by atoms with Crippen molar-refractivity contribution in [2.24, 2.45) is 10.9 Å². The minimum absolute atomic E-state index is 0.00477. The van der Waals surface area contributed by atoms with Crippen molar-refractivity contribution in [2.75, 3.05) is 0 Å². The van der Waals surface area contributed by atoms with Gasteiger partial charge in [-0.15, -0.1) is 0 Å². The highest BCUT2D eigenvalue weighted by atomic mass is 19.3. The molecule has 1 aromatic carbocycles. The molecule has 0 heterocycles. The molecule has 1 aliphatic rings. The minimum Gasteiger partial charge on any atom is -0.211 e. The molecule has 0 spiro atoms. The van der Waals surface area contributed by atoms with Gasteiger partial charge in [0.05, 0.1) is 5.69 Å². The van der Waals surface area contributed by atoms with Crippen molar-refractivity contribution in [3.05, 3.63) is 29.8 Å². The lowest BCUT2D eigenvalue weighted by atomic mass is 10.0. The molecule has 0 atom stereocenters. The molecular formula is C11H9F2NO. The van der Waals surface area contributed by atoms with Crippen molar-refractivity contribution in [3.63, 3.8) is 0 Å². The van der Waals surface area contributed by atoms with Crippen molar-refractivity contribution < 1.29 is 13.6 Å². The number of rotatable bonds is 3. The summed E-state index contributed by atoms with van der Waals surface area (Å²) in [4.78, 5) is 13.3. The maximum atomic E-state index is 13.6. The van der Waals surface area contributed by atoms with Crippen LogP contribution in [0.25, 0.3) is 0 Å². The Morgan fingerprint density at radius 2 is 1.87 bits per heavy atom. The third-order valence-electron chi connectivity index (χ3n) is 2.52. The molecule has 4 heteroatoms. The first-order valence-corrected chi connectivity index (χ1v) is 4.71. The van der Waals surface area contributed by atoms with Crippen molar-refractivity contribution >= 4 is 11.8 Å². The van der Waals surface area contributed by atoms with Gasteiger partial charge < -0.3 is 0 Å². The Hall–Kier alpha value is -1.54. The molecule has 0 aromatic heterocycles. The fraction of sp³-hybridized carbons (Fsp3) is 0.364. The van der Waals surface area contributed by atoms with E-state index in [1.54, 1.807) is 0 Å². The number of halogens is 2. The van der Waals surface area contributed by atoms with E-state index in [4.69, 9.17) is 0 Å². The van der Waals surface area contributed by atoms with E-state index in [0.29, 0.717) is 18.5 Å². The van der Waals surface area contributed by atoms with Crippen molar-refractivity contribution in [1.29, 1.82) is 0 Å². The van der Waals surface area contributed by atoms with Crippen molar-refractivity contribution in [2.45, 2.75) is 18.8 Å². The zero-order valence-electron chi connectivity index (χ0n) is 7.91. The predicted octanol–water partition coefficient (Wildman–Crippen LogP) is 3.16. The maximum absolute atomic E-state index is 13.6. The zero-order chi connectivity index (χ0) is 10.9. The molecule has 0 aliphatic heterocycles. The highest BCUT2D eigenvalue weighted by molar-refractivity contribution is 5.49. The van der Waals surface area contributed by atoms with Gasteiger partial charge in [-0.25, -0.2) is 13.6 Å². The fourth-order valence-corrected chi connectivity index (χ4v) is 1.49. The number of nitrogens with zero attached hydrogens (tertiary/aromatic N) is 1. The first-order valence-electron chi connectivity index (χ1n) is 4.71. The summed E-state index contributed by atoms with van der Waals surface area (Å²) in [5.74, 6) is -3.26. The smallest absolute Gasteiger partial charge is 0.211 e. The van der Waals surface area contributed by atoms with Gasteiger partial charge >= 0.3 is 0 Å². The molecular weight excluding hydrogens is 200 g/mol. The highest BCUT2D eigenvalue weighted by Crippen LogP contribution is 2.49. The number of carbonyl (C=O) groups excluding carboxylic acids is 1. The van der Waals surface area contributed by atoms with Crippen molar-refractivity contribution in [1.82, 2.24) is 0 Å². The minimum atomic E-state index is -2.75. The van der Waals surface area contributed by atoms with Crippen LogP contribution < -0.4 is 0 Å². The van der Waals surface area contributed by atoms with Crippen LogP contribution in [-0.2, 0) is 10.7 Å². The van der Waals surface area contributed by atoms with Gasteiger partial charge in [-0.3, -0.25) is 0 Å². The highest BCUT2D eigenvalue weighted by Gasteiger charge is 2.47. The van der Waals surface area contributed by atoms with E-state index >= 15 is 0 Å². The van der Waals surface area contributed by atoms with Crippen LogP contribution in [0.5, 0.6) is 0 Å². The predicted molar refractivity (Wildman–Crippen MR) is 50.8 cm³/mol.